The summed E-state index contributed by atoms with van der Waals surface area (Å²) >= 11 is 0. The largest absolute Gasteiger partial charge is 0.451 e. The first-order chi connectivity index (χ1) is 14.3. The molecule has 0 fully saturated rings. The van der Waals surface area contributed by atoms with Gasteiger partial charge in [0, 0.05) is 6.42 Å². The van der Waals surface area contributed by atoms with Crippen molar-refractivity contribution >= 4 is 30.9 Å². The third-order valence-corrected chi connectivity index (χ3v) is 5.23. The lowest BCUT2D eigenvalue weighted by atomic mass is 9.97. The predicted molar refractivity (Wildman–Crippen MR) is 115 cm³/mol. The van der Waals surface area contributed by atoms with Crippen molar-refractivity contribution in [1.82, 2.24) is 19.9 Å². The zero-order valence-electron chi connectivity index (χ0n) is 18.5. The fourth-order valence-electron chi connectivity index (χ4n) is 2.12. The number of carbonyl (C=O) groups is 2. The Morgan fingerprint density at radius 3 is 2.19 bits per heavy atom. The molecule has 2 heterocycles. The average Bonchev–Trinajstić information content (AvgIpc) is 3.07. The Morgan fingerprint density at radius 2 is 1.68 bits per heavy atom. The molecule has 2 N–H and O–H groups in total. The van der Waals surface area contributed by atoms with E-state index in [0.717, 1.165) is 0 Å². The van der Waals surface area contributed by atoms with E-state index in [2.05, 4.69) is 19.9 Å². The molecule has 0 radical (unpaired) electrons. The van der Waals surface area contributed by atoms with Crippen LogP contribution in [0.5, 0.6) is 0 Å². The molecule has 1 unspecified atom stereocenters. The number of fused-ring (bicyclic) bond motifs is 1. The minimum atomic E-state index is -2.23. The van der Waals surface area contributed by atoms with Crippen LogP contribution in [0.25, 0.3) is 11.2 Å². The molecule has 0 saturated carbocycles. The van der Waals surface area contributed by atoms with Crippen LogP contribution in [0.4, 0.5) is 0 Å². The summed E-state index contributed by atoms with van der Waals surface area (Å²) in [6.45, 7) is 9.91. The van der Waals surface area contributed by atoms with Crippen molar-refractivity contribution in [1.29, 1.82) is 0 Å². The number of hydrogen-bond acceptors (Lipinski definition) is 8. The summed E-state index contributed by atoms with van der Waals surface area (Å²) < 4.78 is 23.2. The summed E-state index contributed by atoms with van der Waals surface area (Å²) in [7, 11) is -2.23. The zero-order valence-corrected chi connectivity index (χ0v) is 19.4. The Kier molecular flexibility index (Phi) is 7.49. The molecule has 31 heavy (non-hydrogen) atoms. The Balaban J connectivity index is 2.05. The highest BCUT2D eigenvalue weighted by Crippen LogP contribution is 2.34. The number of carbonyl (C=O) groups excluding carboxylic acids is 2. The number of ether oxygens (including phenoxy) is 2. The van der Waals surface area contributed by atoms with E-state index >= 15 is 0 Å². The van der Waals surface area contributed by atoms with Crippen LogP contribution in [0.3, 0.4) is 0 Å². The highest BCUT2D eigenvalue weighted by Gasteiger charge is 2.41. The zero-order chi connectivity index (χ0) is 23.4. The minimum Gasteiger partial charge on any atom is -0.384 e. The van der Waals surface area contributed by atoms with E-state index in [9.17, 15) is 18.9 Å². The fraction of sp³-hybridized carbons (Fsp3) is 0.550. The van der Waals surface area contributed by atoms with Gasteiger partial charge in [-0.15, -0.1) is 0 Å². The number of nitrogens with one attached hydrogen (secondary N) is 2. The smallest absolute Gasteiger partial charge is 0.384 e. The van der Waals surface area contributed by atoms with Crippen molar-refractivity contribution in [2.75, 3.05) is 6.16 Å². The molecule has 2 aromatic rings. The van der Waals surface area contributed by atoms with Gasteiger partial charge in [0.25, 0.3) is 5.56 Å². The molecule has 168 valence electrons. The van der Waals surface area contributed by atoms with Crippen LogP contribution in [0.1, 0.15) is 47.4 Å². The number of hydrogen-bond donors (Lipinski definition) is 2. The molecular weight excluding hydrogens is 423 g/mol. The third-order valence-electron chi connectivity index (χ3n) is 3.98. The van der Waals surface area contributed by atoms with Crippen LogP contribution in [-0.2, 0) is 30.0 Å². The molecule has 11 heteroatoms. The Morgan fingerprint density at radius 1 is 1.10 bits per heavy atom. The molecule has 0 spiro atoms. The molecule has 0 saturated heterocycles. The SMILES string of the molecule is CC(C)(C)C(=O)OC(OC(=O)C(C)(C)C)[P+](=O)C/C=C/Cc1nc2nc[nH]c(=O)c2[nH]1. The first-order valence-electron chi connectivity index (χ1n) is 9.72. The van der Waals surface area contributed by atoms with E-state index in [0.29, 0.717) is 17.9 Å². The molecule has 0 aliphatic carbocycles. The van der Waals surface area contributed by atoms with Crippen LogP contribution >= 0.6 is 7.80 Å². The van der Waals surface area contributed by atoms with Crippen molar-refractivity contribution in [2.24, 2.45) is 10.8 Å². The summed E-state index contributed by atoms with van der Waals surface area (Å²) in [4.78, 5) is 49.7. The number of H-pyrrole nitrogens is 2. The van der Waals surface area contributed by atoms with Crippen molar-refractivity contribution in [3.8, 4) is 0 Å². The molecule has 0 aromatic carbocycles. The molecule has 2 aromatic heterocycles. The number of aromatic nitrogens is 4. The van der Waals surface area contributed by atoms with Gasteiger partial charge >= 0.3 is 25.8 Å². The van der Waals surface area contributed by atoms with Gasteiger partial charge in [-0.25, -0.2) is 9.97 Å². The van der Waals surface area contributed by atoms with Gasteiger partial charge < -0.3 is 19.4 Å². The predicted octanol–water partition coefficient (Wildman–Crippen LogP) is 3.03. The number of esters is 2. The molecule has 2 rings (SSSR count). The van der Waals surface area contributed by atoms with Gasteiger partial charge in [0.1, 0.15) is 5.82 Å². The number of nitrogens with zero attached hydrogens (tertiary/aromatic N) is 2. The number of rotatable bonds is 7. The molecule has 1 atom stereocenters. The normalized spacial score (nSPS) is 13.1. The van der Waals surface area contributed by atoms with E-state index in [-0.39, 0.29) is 17.2 Å². The second-order valence-electron chi connectivity index (χ2n) is 9.01. The summed E-state index contributed by atoms with van der Waals surface area (Å²) in [5.41, 5.74) is -1.42. The molecule has 0 aliphatic rings. The van der Waals surface area contributed by atoms with Crippen molar-refractivity contribution in [3.63, 3.8) is 0 Å². The lowest BCUT2D eigenvalue weighted by molar-refractivity contribution is -0.184. The highest BCUT2D eigenvalue weighted by molar-refractivity contribution is 7.45. The van der Waals surface area contributed by atoms with E-state index < -0.39 is 36.6 Å². The van der Waals surface area contributed by atoms with E-state index in [1.165, 1.54) is 6.33 Å². The summed E-state index contributed by atoms with van der Waals surface area (Å²) in [5, 5.41) is 0. The summed E-state index contributed by atoms with van der Waals surface area (Å²) in [5.74, 6) is -0.723. The van der Waals surface area contributed by atoms with Crippen molar-refractivity contribution in [2.45, 2.75) is 54.0 Å². The van der Waals surface area contributed by atoms with Gasteiger partial charge in [-0.2, -0.15) is 0 Å². The van der Waals surface area contributed by atoms with Crippen molar-refractivity contribution < 1.29 is 23.6 Å². The second kappa shape index (κ2) is 9.51. The number of imidazole rings is 1. The quantitative estimate of drug-likeness (QED) is 0.283. The van der Waals surface area contributed by atoms with Crippen LogP contribution in [0.15, 0.2) is 23.3 Å². The third kappa shape index (κ3) is 6.82. The monoisotopic (exact) mass is 451 g/mol. The van der Waals surface area contributed by atoms with E-state index in [1.807, 2.05) is 0 Å². The fourth-order valence-corrected chi connectivity index (χ4v) is 3.08. The van der Waals surface area contributed by atoms with Gasteiger partial charge in [0.05, 0.1) is 17.2 Å². The standard InChI is InChI=1S/C20H27N4O6P/c1-19(2,3)16(26)29-18(30-17(27)20(4,5)6)31(28)10-8-7-9-12-23-13-14(24-12)21-11-22-15(13)25/h7-8,11,18H,9-10H2,1-6H3,(H-,21,22,23,24,25)/p+1/b8-7+. The Hall–Kier alpha value is -2.87. The van der Waals surface area contributed by atoms with E-state index in [1.54, 1.807) is 53.7 Å². The van der Waals surface area contributed by atoms with Crippen LogP contribution < -0.4 is 5.56 Å². The molecule has 10 nitrogen and oxygen atoms in total. The topological polar surface area (TPSA) is 144 Å². The minimum absolute atomic E-state index is 0.0217. The molecular formula is C20H28N4O6P+. The van der Waals surface area contributed by atoms with Crippen LogP contribution in [0.2, 0.25) is 0 Å². The number of aromatic amines is 2. The molecule has 0 bridgehead atoms. The lowest BCUT2D eigenvalue weighted by Crippen LogP contribution is -2.33. The van der Waals surface area contributed by atoms with Crippen LogP contribution in [0, 0.1) is 10.8 Å². The Labute approximate surface area is 180 Å². The van der Waals surface area contributed by atoms with Gasteiger partial charge in [-0.05, 0) is 47.6 Å². The maximum absolute atomic E-state index is 12.7. The van der Waals surface area contributed by atoms with Gasteiger partial charge in [0.2, 0.25) is 0 Å². The van der Waals surface area contributed by atoms with Crippen LogP contribution in [-0.4, -0.2) is 44.1 Å². The number of allylic oxidation sites excluding steroid dienone is 2. The first kappa shape index (κ1) is 24.4. The lowest BCUT2D eigenvalue weighted by Gasteiger charge is -2.21. The maximum Gasteiger partial charge on any atom is 0.451 e. The Bertz CT molecular complexity index is 1030. The average molecular weight is 451 g/mol. The second-order valence-corrected chi connectivity index (χ2v) is 10.6. The maximum atomic E-state index is 12.7. The van der Waals surface area contributed by atoms with E-state index in [4.69, 9.17) is 9.47 Å². The summed E-state index contributed by atoms with van der Waals surface area (Å²) in [6, 6.07) is -1.48. The molecule has 0 amide bonds. The summed E-state index contributed by atoms with van der Waals surface area (Å²) in [6.07, 6.45) is 4.95. The van der Waals surface area contributed by atoms with Gasteiger partial charge in [0.15, 0.2) is 17.3 Å². The van der Waals surface area contributed by atoms with Gasteiger partial charge in [-0.1, -0.05) is 10.6 Å². The molecule has 0 aliphatic heterocycles. The van der Waals surface area contributed by atoms with Gasteiger partial charge in [-0.3, -0.25) is 14.4 Å². The van der Waals surface area contributed by atoms with Crippen molar-refractivity contribution in [3.05, 3.63) is 34.7 Å². The highest BCUT2D eigenvalue weighted by atomic mass is 31.1. The first-order valence-corrected chi connectivity index (χ1v) is 11.2.